The van der Waals surface area contributed by atoms with Crippen LogP contribution in [-0.2, 0) is 10.2 Å². The number of carboxylic acids is 1. The Labute approximate surface area is 122 Å². The molecule has 0 radical (unpaired) electrons. The van der Waals surface area contributed by atoms with Gasteiger partial charge in [0.15, 0.2) is 0 Å². The molecule has 1 aromatic carbocycles. The molecule has 1 aromatic rings. The van der Waals surface area contributed by atoms with Crippen molar-refractivity contribution in [1.82, 2.24) is 4.90 Å². The molecule has 20 heavy (non-hydrogen) atoms. The third kappa shape index (κ3) is 4.34. The smallest absolute Gasteiger partial charge is 0.325 e. The molecule has 1 rings (SSSR count). The summed E-state index contributed by atoms with van der Waals surface area (Å²) in [6, 6.07) is 7.41. The van der Waals surface area contributed by atoms with Gasteiger partial charge in [0, 0.05) is 0 Å². The Morgan fingerprint density at radius 3 is 2.20 bits per heavy atom. The van der Waals surface area contributed by atoms with Crippen LogP contribution in [0.3, 0.4) is 0 Å². The van der Waals surface area contributed by atoms with E-state index in [9.17, 15) is 9.90 Å². The molecule has 0 aromatic heterocycles. The number of rotatable bonds is 6. The molecule has 1 unspecified atom stereocenters. The molecule has 0 saturated carbocycles. The summed E-state index contributed by atoms with van der Waals surface area (Å²) in [5.41, 5.74) is 2.16. The van der Waals surface area contributed by atoms with E-state index in [1.807, 2.05) is 36.2 Å². The van der Waals surface area contributed by atoms with Gasteiger partial charge >= 0.3 is 5.97 Å². The first-order chi connectivity index (χ1) is 9.27. The maximum Gasteiger partial charge on any atom is 0.325 e. The van der Waals surface area contributed by atoms with Crippen LogP contribution in [0.4, 0.5) is 0 Å². The van der Waals surface area contributed by atoms with Crippen LogP contribution in [0, 0.1) is 0 Å². The van der Waals surface area contributed by atoms with Crippen molar-refractivity contribution in [3.63, 3.8) is 0 Å². The van der Waals surface area contributed by atoms with Crippen LogP contribution in [0.15, 0.2) is 24.3 Å². The number of unbranched alkanes of at least 4 members (excludes halogenated alkanes) is 1. The Morgan fingerprint density at radius 2 is 1.80 bits per heavy atom. The minimum atomic E-state index is -0.785. The molecule has 1 N–H and O–H groups in total. The SMILES string of the molecule is CCCCN(C)C(C(=O)O)c1ccc(C(C)(C)C)cc1. The van der Waals surface area contributed by atoms with Crippen molar-refractivity contribution in [1.29, 1.82) is 0 Å². The zero-order valence-electron chi connectivity index (χ0n) is 13.3. The Hall–Kier alpha value is -1.35. The van der Waals surface area contributed by atoms with Gasteiger partial charge in [0.2, 0.25) is 0 Å². The summed E-state index contributed by atoms with van der Waals surface area (Å²) in [6.45, 7) is 9.38. The molecular formula is C17H27NO2. The Bertz CT molecular complexity index is 431. The van der Waals surface area contributed by atoms with Crippen LogP contribution >= 0.6 is 0 Å². The maximum atomic E-state index is 11.5. The van der Waals surface area contributed by atoms with Crippen LogP contribution < -0.4 is 0 Å². The predicted molar refractivity (Wildman–Crippen MR) is 83.1 cm³/mol. The van der Waals surface area contributed by atoms with Gasteiger partial charge in [-0.15, -0.1) is 0 Å². The molecule has 0 spiro atoms. The van der Waals surface area contributed by atoms with Crippen molar-refractivity contribution in [3.8, 4) is 0 Å². The van der Waals surface area contributed by atoms with Gasteiger partial charge in [0.25, 0.3) is 0 Å². The number of aliphatic carboxylic acids is 1. The average molecular weight is 277 g/mol. The van der Waals surface area contributed by atoms with Gasteiger partial charge in [-0.05, 0) is 36.6 Å². The van der Waals surface area contributed by atoms with E-state index in [4.69, 9.17) is 0 Å². The Balaban J connectivity index is 2.95. The van der Waals surface area contributed by atoms with Crippen LogP contribution in [0.2, 0.25) is 0 Å². The van der Waals surface area contributed by atoms with Gasteiger partial charge < -0.3 is 5.11 Å². The number of nitrogens with zero attached hydrogens (tertiary/aromatic N) is 1. The summed E-state index contributed by atoms with van der Waals surface area (Å²) in [5, 5.41) is 9.48. The van der Waals surface area contributed by atoms with Crippen LogP contribution in [0.1, 0.15) is 57.7 Å². The molecular weight excluding hydrogens is 250 g/mol. The zero-order valence-corrected chi connectivity index (χ0v) is 13.3. The summed E-state index contributed by atoms with van der Waals surface area (Å²) in [4.78, 5) is 13.5. The van der Waals surface area contributed by atoms with Crippen molar-refractivity contribution < 1.29 is 9.90 Å². The Kier molecular flexibility index (Phi) is 5.75. The highest BCUT2D eigenvalue weighted by atomic mass is 16.4. The first-order valence-corrected chi connectivity index (χ1v) is 7.31. The average Bonchev–Trinajstić information content (AvgIpc) is 2.35. The molecule has 0 aliphatic rings. The quantitative estimate of drug-likeness (QED) is 0.858. The topological polar surface area (TPSA) is 40.5 Å². The molecule has 1 atom stereocenters. The van der Waals surface area contributed by atoms with Crippen molar-refractivity contribution in [3.05, 3.63) is 35.4 Å². The second-order valence-corrected chi connectivity index (χ2v) is 6.45. The van der Waals surface area contributed by atoms with Gasteiger partial charge in [-0.3, -0.25) is 9.69 Å². The first kappa shape index (κ1) is 16.7. The second-order valence-electron chi connectivity index (χ2n) is 6.45. The summed E-state index contributed by atoms with van der Waals surface area (Å²) in [7, 11) is 1.88. The van der Waals surface area contributed by atoms with Gasteiger partial charge in [-0.2, -0.15) is 0 Å². The fourth-order valence-corrected chi connectivity index (χ4v) is 2.29. The lowest BCUT2D eigenvalue weighted by atomic mass is 9.86. The van der Waals surface area contributed by atoms with Crippen molar-refractivity contribution in [2.75, 3.05) is 13.6 Å². The molecule has 0 aliphatic heterocycles. The largest absolute Gasteiger partial charge is 0.480 e. The lowest BCUT2D eigenvalue weighted by Crippen LogP contribution is -2.31. The molecule has 0 bridgehead atoms. The highest BCUT2D eigenvalue weighted by molar-refractivity contribution is 5.75. The third-order valence-electron chi connectivity index (χ3n) is 3.63. The number of hydrogen-bond donors (Lipinski definition) is 1. The number of hydrogen-bond acceptors (Lipinski definition) is 2. The molecule has 0 amide bonds. The molecule has 0 saturated heterocycles. The molecule has 0 aliphatic carbocycles. The van der Waals surface area contributed by atoms with Gasteiger partial charge in [-0.1, -0.05) is 58.4 Å². The number of benzene rings is 1. The Morgan fingerprint density at radius 1 is 1.25 bits per heavy atom. The fraction of sp³-hybridized carbons (Fsp3) is 0.588. The van der Waals surface area contributed by atoms with E-state index in [0.717, 1.165) is 24.9 Å². The summed E-state index contributed by atoms with van der Waals surface area (Å²) >= 11 is 0. The second kappa shape index (κ2) is 6.89. The van der Waals surface area contributed by atoms with Crippen molar-refractivity contribution in [2.45, 2.75) is 52.0 Å². The number of carboxylic acid groups (broad SMARTS) is 1. The molecule has 0 fully saturated rings. The summed E-state index contributed by atoms with van der Waals surface area (Å²) in [6.07, 6.45) is 2.08. The van der Waals surface area contributed by atoms with E-state index in [0.29, 0.717) is 0 Å². The first-order valence-electron chi connectivity index (χ1n) is 7.31. The lowest BCUT2D eigenvalue weighted by Gasteiger charge is -2.26. The number of carbonyl (C=O) groups is 1. The lowest BCUT2D eigenvalue weighted by molar-refractivity contribution is -0.143. The summed E-state index contributed by atoms with van der Waals surface area (Å²) in [5.74, 6) is -0.785. The van der Waals surface area contributed by atoms with E-state index in [2.05, 4.69) is 27.7 Å². The van der Waals surface area contributed by atoms with Gasteiger partial charge in [0.1, 0.15) is 6.04 Å². The predicted octanol–water partition coefficient (Wildman–Crippen LogP) is 3.84. The van der Waals surface area contributed by atoms with Crippen LogP contribution in [0.25, 0.3) is 0 Å². The van der Waals surface area contributed by atoms with Gasteiger partial charge in [0.05, 0.1) is 0 Å². The van der Waals surface area contributed by atoms with Gasteiger partial charge in [-0.25, -0.2) is 0 Å². The monoisotopic (exact) mass is 277 g/mol. The van der Waals surface area contributed by atoms with E-state index in [1.54, 1.807) is 0 Å². The molecule has 3 heteroatoms. The zero-order chi connectivity index (χ0) is 15.3. The normalized spacial score (nSPS) is 13.5. The van der Waals surface area contributed by atoms with E-state index < -0.39 is 12.0 Å². The standard InChI is InChI=1S/C17H27NO2/c1-6-7-12-18(5)15(16(19)20)13-8-10-14(11-9-13)17(2,3)4/h8-11,15H,6-7,12H2,1-5H3,(H,19,20). The fourth-order valence-electron chi connectivity index (χ4n) is 2.29. The minimum Gasteiger partial charge on any atom is -0.480 e. The minimum absolute atomic E-state index is 0.0887. The third-order valence-corrected chi connectivity index (χ3v) is 3.63. The summed E-state index contributed by atoms with van der Waals surface area (Å²) < 4.78 is 0. The van der Waals surface area contributed by atoms with Crippen LogP contribution in [-0.4, -0.2) is 29.6 Å². The highest BCUT2D eigenvalue weighted by Gasteiger charge is 2.24. The molecule has 112 valence electrons. The number of likely N-dealkylation sites (N-methyl/N-ethyl adjacent to an activating group) is 1. The van der Waals surface area contributed by atoms with E-state index in [1.165, 1.54) is 5.56 Å². The maximum absolute atomic E-state index is 11.5. The molecule has 0 heterocycles. The highest BCUT2D eigenvalue weighted by Crippen LogP contribution is 2.26. The van der Waals surface area contributed by atoms with Crippen molar-refractivity contribution in [2.24, 2.45) is 0 Å². The van der Waals surface area contributed by atoms with E-state index in [-0.39, 0.29) is 5.41 Å². The van der Waals surface area contributed by atoms with Crippen molar-refractivity contribution >= 4 is 5.97 Å². The molecule has 3 nitrogen and oxygen atoms in total. The van der Waals surface area contributed by atoms with E-state index >= 15 is 0 Å². The van der Waals surface area contributed by atoms with Crippen LogP contribution in [0.5, 0.6) is 0 Å².